The summed E-state index contributed by atoms with van der Waals surface area (Å²) in [6.07, 6.45) is 3.55. The molecule has 1 spiro atoms. The van der Waals surface area contributed by atoms with Crippen LogP contribution >= 0.6 is 0 Å². The number of piperidine rings is 1. The number of carbonyl (C=O) groups is 1. The van der Waals surface area contributed by atoms with Crippen LogP contribution in [0.25, 0.3) is 0 Å². The molecule has 1 aromatic heterocycles. The zero-order chi connectivity index (χ0) is 15.7. The second-order valence-electron chi connectivity index (χ2n) is 6.13. The van der Waals surface area contributed by atoms with Gasteiger partial charge in [0.1, 0.15) is 11.8 Å². The van der Waals surface area contributed by atoms with Gasteiger partial charge in [-0.3, -0.25) is 4.79 Å². The van der Waals surface area contributed by atoms with Gasteiger partial charge in [-0.15, -0.1) is 0 Å². The second-order valence-corrected chi connectivity index (χ2v) is 6.13. The Labute approximate surface area is 129 Å². The fraction of sp³-hybridized carbons (Fsp3) is 0.625. The lowest BCUT2D eigenvalue weighted by Gasteiger charge is -2.56. The Hall–Kier alpha value is -1.84. The van der Waals surface area contributed by atoms with Crippen molar-refractivity contribution in [1.29, 1.82) is 5.26 Å². The summed E-state index contributed by atoms with van der Waals surface area (Å²) in [6.45, 7) is 3.84. The average molecular weight is 303 g/mol. The number of nitriles is 1. The number of rotatable bonds is 3. The molecule has 6 heteroatoms. The molecule has 2 fully saturated rings. The first-order valence-corrected chi connectivity index (χ1v) is 7.78. The van der Waals surface area contributed by atoms with E-state index in [9.17, 15) is 9.90 Å². The van der Waals surface area contributed by atoms with Gasteiger partial charge in [-0.1, -0.05) is 0 Å². The van der Waals surface area contributed by atoms with Crippen LogP contribution in [0.15, 0.2) is 12.3 Å². The van der Waals surface area contributed by atoms with E-state index in [1.165, 1.54) is 0 Å². The minimum atomic E-state index is -0.322. The van der Waals surface area contributed by atoms with E-state index in [0.29, 0.717) is 37.4 Å². The lowest BCUT2D eigenvalue weighted by Crippen LogP contribution is -2.62. The fourth-order valence-electron chi connectivity index (χ4n) is 3.70. The molecule has 1 saturated heterocycles. The quantitative estimate of drug-likeness (QED) is 0.880. The molecule has 118 valence electrons. The van der Waals surface area contributed by atoms with Gasteiger partial charge in [0.15, 0.2) is 0 Å². The van der Waals surface area contributed by atoms with Gasteiger partial charge >= 0.3 is 0 Å². The van der Waals surface area contributed by atoms with Crippen LogP contribution in [0.3, 0.4) is 0 Å². The van der Waals surface area contributed by atoms with Gasteiger partial charge in [0.05, 0.1) is 17.8 Å². The van der Waals surface area contributed by atoms with Crippen molar-refractivity contribution in [2.45, 2.75) is 38.4 Å². The second kappa shape index (κ2) is 5.75. The molecule has 0 bridgehead atoms. The maximum Gasteiger partial charge on any atom is 0.270 e. The van der Waals surface area contributed by atoms with E-state index in [1.54, 1.807) is 17.2 Å². The van der Waals surface area contributed by atoms with Crippen molar-refractivity contribution in [3.63, 3.8) is 0 Å². The third-order valence-electron chi connectivity index (χ3n) is 5.13. The van der Waals surface area contributed by atoms with Crippen LogP contribution in [0.1, 0.15) is 42.2 Å². The smallest absolute Gasteiger partial charge is 0.270 e. The van der Waals surface area contributed by atoms with Crippen molar-refractivity contribution in [3.8, 4) is 6.07 Å². The number of nitrogens with one attached hydrogen (secondary N) is 1. The Morgan fingerprint density at radius 1 is 1.59 bits per heavy atom. The molecule has 2 heterocycles. The van der Waals surface area contributed by atoms with Gasteiger partial charge in [0.2, 0.25) is 0 Å². The maximum absolute atomic E-state index is 12.4. The van der Waals surface area contributed by atoms with Gasteiger partial charge in [0.25, 0.3) is 5.91 Å². The number of carbonyl (C=O) groups excluding carboxylic acids is 1. The minimum absolute atomic E-state index is 0.0851. The van der Waals surface area contributed by atoms with Crippen molar-refractivity contribution in [3.05, 3.63) is 23.5 Å². The van der Waals surface area contributed by atoms with E-state index in [0.717, 1.165) is 12.8 Å². The summed E-state index contributed by atoms with van der Waals surface area (Å²) in [5, 5.41) is 19.0. The van der Waals surface area contributed by atoms with E-state index < -0.39 is 0 Å². The van der Waals surface area contributed by atoms with Gasteiger partial charge in [-0.25, -0.2) is 0 Å². The molecule has 1 saturated carbocycles. The first-order chi connectivity index (χ1) is 10.6. The predicted molar refractivity (Wildman–Crippen MR) is 79.1 cm³/mol. The molecule has 22 heavy (non-hydrogen) atoms. The Bertz CT molecular complexity index is 594. The zero-order valence-corrected chi connectivity index (χ0v) is 12.7. The molecule has 0 aromatic carbocycles. The molecular weight excluding hydrogens is 282 g/mol. The van der Waals surface area contributed by atoms with Crippen LogP contribution in [-0.2, 0) is 4.74 Å². The monoisotopic (exact) mass is 303 g/mol. The number of likely N-dealkylation sites (tertiary alicyclic amines) is 1. The van der Waals surface area contributed by atoms with Crippen molar-refractivity contribution in [2.24, 2.45) is 5.41 Å². The van der Waals surface area contributed by atoms with Crippen molar-refractivity contribution >= 4 is 5.91 Å². The van der Waals surface area contributed by atoms with Crippen molar-refractivity contribution in [1.82, 2.24) is 9.88 Å². The average Bonchev–Trinajstić information content (AvgIpc) is 3.03. The van der Waals surface area contributed by atoms with E-state index in [4.69, 9.17) is 10.00 Å². The third kappa shape index (κ3) is 2.31. The van der Waals surface area contributed by atoms with Gasteiger partial charge < -0.3 is 19.7 Å². The molecule has 6 nitrogen and oxygen atoms in total. The van der Waals surface area contributed by atoms with Gasteiger partial charge in [-0.2, -0.15) is 5.26 Å². The fourth-order valence-corrected chi connectivity index (χ4v) is 3.70. The molecule has 3 rings (SSSR count). The van der Waals surface area contributed by atoms with E-state index >= 15 is 0 Å². The topological polar surface area (TPSA) is 89.3 Å². The van der Waals surface area contributed by atoms with Crippen LogP contribution in [-0.4, -0.2) is 52.8 Å². The molecule has 2 aliphatic rings. The summed E-state index contributed by atoms with van der Waals surface area (Å²) < 4.78 is 5.73. The molecule has 0 radical (unpaired) electrons. The van der Waals surface area contributed by atoms with Crippen molar-refractivity contribution < 1.29 is 14.6 Å². The number of nitrogens with zero attached hydrogens (tertiary/aromatic N) is 2. The highest BCUT2D eigenvalue weighted by Crippen LogP contribution is 2.51. The largest absolute Gasteiger partial charge is 0.392 e. The summed E-state index contributed by atoms with van der Waals surface area (Å²) in [7, 11) is 0. The predicted octanol–water partition coefficient (Wildman–Crippen LogP) is 1.28. The molecule has 1 aromatic rings. The summed E-state index contributed by atoms with van der Waals surface area (Å²) in [5.41, 5.74) is 0.728. The molecular formula is C16H21N3O3. The lowest BCUT2D eigenvalue weighted by atomic mass is 9.58. The van der Waals surface area contributed by atoms with Gasteiger partial charge in [0, 0.05) is 37.7 Å². The minimum Gasteiger partial charge on any atom is -0.392 e. The first kappa shape index (κ1) is 15.1. The first-order valence-electron chi connectivity index (χ1n) is 7.78. The Kier molecular flexibility index (Phi) is 3.94. The number of H-pyrrole nitrogens is 1. The van der Waals surface area contributed by atoms with E-state index in [2.05, 4.69) is 4.98 Å². The molecule has 1 aliphatic heterocycles. The standard InChI is InChI=1S/C16H21N3O3/c1-2-22-14-8-13(20)16(14)3-5-19(6-4-16)15(21)12-7-11(9-17)10-18-12/h7,10,13-14,18,20H,2-6,8H2,1H3/t13-,14-/m1/s1. The SMILES string of the molecule is CCO[C@@H]1C[C@@H](O)C12CCN(C(=O)c1cc(C#N)c[nH]1)CC2. The summed E-state index contributed by atoms with van der Waals surface area (Å²) in [6, 6.07) is 3.59. The van der Waals surface area contributed by atoms with Crippen LogP contribution in [0.5, 0.6) is 0 Å². The number of hydrogen-bond acceptors (Lipinski definition) is 4. The van der Waals surface area contributed by atoms with Crippen LogP contribution in [0.2, 0.25) is 0 Å². The number of aromatic nitrogens is 1. The van der Waals surface area contributed by atoms with Crippen LogP contribution < -0.4 is 0 Å². The normalized spacial score (nSPS) is 26.5. The van der Waals surface area contributed by atoms with Gasteiger partial charge in [-0.05, 0) is 25.8 Å². The Balaban J connectivity index is 1.64. The van der Waals surface area contributed by atoms with Crippen molar-refractivity contribution in [2.75, 3.05) is 19.7 Å². The summed E-state index contributed by atoms with van der Waals surface area (Å²) >= 11 is 0. The van der Waals surface area contributed by atoms with E-state index in [-0.39, 0.29) is 23.5 Å². The Morgan fingerprint density at radius 2 is 2.32 bits per heavy atom. The Morgan fingerprint density at radius 3 is 2.86 bits per heavy atom. The number of ether oxygens (including phenoxy) is 1. The highest BCUT2D eigenvalue weighted by Gasteiger charge is 2.56. The lowest BCUT2D eigenvalue weighted by molar-refractivity contribution is -0.207. The number of amides is 1. The molecule has 2 N–H and O–H groups in total. The summed E-state index contributed by atoms with van der Waals surface area (Å²) in [5.74, 6) is -0.0851. The molecule has 2 atom stereocenters. The number of hydrogen-bond donors (Lipinski definition) is 2. The van der Waals surface area contributed by atoms with Crippen LogP contribution in [0, 0.1) is 16.7 Å². The zero-order valence-electron chi connectivity index (χ0n) is 12.7. The number of aliphatic hydroxyl groups is 1. The number of aromatic amines is 1. The molecule has 0 unspecified atom stereocenters. The molecule has 1 amide bonds. The summed E-state index contributed by atoms with van der Waals surface area (Å²) in [4.78, 5) is 17.1. The third-order valence-corrected chi connectivity index (χ3v) is 5.13. The highest BCUT2D eigenvalue weighted by atomic mass is 16.5. The molecule has 1 aliphatic carbocycles. The van der Waals surface area contributed by atoms with Crippen LogP contribution in [0.4, 0.5) is 0 Å². The number of aliphatic hydroxyl groups excluding tert-OH is 1. The highest BCUT2D eigenvalue weighted by molar-refractivity contribution is 5.93. The van der Waals surface area contributed by atoms with E-state index in [1.807, 2.05) is 13.0 Å². The maximum atomic E-state index is 12.4.